The predicted octanol–water partition coefficient (Wildman–Crippen LogP) is -0.836. The number of hydrogen-bond donors (Lipinski definition) is 4. The summed E-state index contributed by atoms with van der Waals surface area (Å²) in [6, 6.07) is 1.62. The number of carbonyl (C=O) groups excluding carboxylic acids is 2. The second-order valence-electron chi connectivity index (χ2n) is 5.32. The molecule has 0 fully saturated rings. The molecule has 0 aliphatic carbocycles. The van der Waals surface area contributed by atoms with Crippen LogP contribution < -0.4 is 16.6 Å². The number of pyridine rings is 1. The van der Waals surface area contributed by atoms with E-state index in [0.29, 0.717) is 22.8 Å². The van der Waals surface area contributed by atoms with Crippen molar-refractivity contribution in [1.29, 1.82) is 0 Å². The molecule has 0 unspecified atom stereocenters. The van der Waals surface area contributed by atoms with Gasteiger partial charge in [-0.3, -0.25) is 38.9 Å². The minimum absolute atomic E-state index is 0.348. The largest absolute Gasteiger partial charge is 0.501 e. The summed E-state index contributed by atoms with van der Waals surface area (Å²) < 4.78 is 32.3. The lowest BCUT2D eigenvalue weighted by Crippen LogP contribution is -2.24. The van der Waals surface area contributed by atoms with E-state index in [0.717, 1.165) is 0 Å². The molecule has 0 bridgehead atoms. The first-order valence-electron chi connectivity index (χ1n) is 6.84. The first kappa shape index (κ1) is 18.0. The highest BCUT2D eigenvalue weighted by atomic mass is 32.2. The molecule has 14 heteroatoms. The number of imide groups is 1. The van der Waals surface area contributed by atoms with Gasteiger partial charge in [0.15, 0.2) is 0 Å². The molecular weight excluding hydrogens is 388 g/mol. The number of nitrogens with two attached hydrogens (primary N) is 1. The number of phenolic OH excluding ortho intramolecular Hbond substituents is 1. The van der Waals surface area contributed by atoms with Crippen LogP contribution in [0, 0.1) is 10.1 Å². The number of anilines is 1. The van der Waals surface area contributed by atoms with E-state index in [9.17, 15) is 38.0 Å². The summed E-state index contributed by atoms with van der Waals surface area (Å²) in [5.41, 5.74) is 1.93. The molecule has 0 radical (unpaired) electrons. The van der Waals surface area contributed by atoms with E-state index in [1.807, 2.05) is 5.32 Å². The number of nitrogens with zero attached hydrogens (tertiary/aromatic N) is 2. The first-order chi connectivity index (χ1) is 12.4. The molecule has 1 aliphatic rings. The highest BCUT2D eigenvalue weighted by Crippen LogP contribution is 2.36. The number of carbonyl (C=O) groups is 2. The third-order valence-electron chi connectivity index (χ3n) is 3.73. The summed E-state index contributed by atoms with van der Waals surface area (Å²) in [6.45, 7) is 0. The lowest BCUT2D eigenvalue weighted by atomic mass is 10.1. The Bertz CT molecular complexity index is 1230. The van der Waals surface area contributed by atoms with Gasteiger partial charge in [0.25, 0.3) is 27.5 Å². The number of phenols is 1. The van der Waals surface area contributed by atoms with Gasteiger partial charge in [0.1, 0.15) is 16.4 Å². The van der Waals surface area contributed by atoms with Gasteiger partial charge in [0, 0.05) is 12.1 Å². The minimum atomic E-state index is -4.97. The Kier molecular flexibility index (Phi) is 3.75. The van der Waals surface area contributed by atoms with Gasteiger partial charge in [-0.25, -0.2) is 0 Å². The topological polar surface area (TPSA) is 212 Å². The number of fused-ring (bicyclic) bond motifs is 1. The lowest BCUT2D eigenvalue weighted by Gasteiger charge is -2.14. The second kappa shape index (κ2) is 5.61. The van der Waals surface area contributed by atoms with E-state index in [4.69, 9.17) is 10.3 Å². The minimum Gasteiger partial charge on any atom is -0.501 e. The van der Waals surface area contributed by atoms with E-state index >= 15 is 0 Å². The third-order valence-corrected chi connectivity index (χ3v) is 4.56. The van der Waals surface area contributed by atoms with Crippen LogP contribution >= 0.6 is 0 Å². The number of nitro benzene ring substituents is 1. The van der Waals surface area contributed by atoms with E-state index in [2.05, 4.69) is 0 Å². The van der Waals surface area contributed by atoms with Gasteiger partial charge >= 0.3 is 5.69 Å². The summed E-state index contributed by atoms with van der Waals surface area (Å²) in [5, 5.41) is 23.1. The van der Waals surface area contributed by atoms with Crippen molar-refractivity contribution < 1.29 is 32.6 Å². The average Bonchev–Trinajstić information content (AvgIpc) is 2.81. The molecule has 0 spiro atoms. The van der Waals surface area contributed by atoms with Crippen molar-refractivity contribution in [1.82, 2.24) is 9.88 Å². The van der Waals surface area contributed by atoms with Crippen LogP contribution in [0.25, 0.3) is 5.69 Å². The van der Waals surface area contributed by atoms with Gasteiger partial charge in [-0.15, -0.1) is 0 Å². The van der Waals surface area contributed by atoms with Gasteiger partial charge < -0.3 is 10.8 Å². The third kappa shape index (κ3) is 2.68. The Labute approximate surface area is 148 Å². The summed E-state index contributed by atoms with van der Waals surface area (Å²) in [5.74, 6) is -3.67. The molecule has 0 saturated carbocycles. The zero-order chi connectivity index (χ0) is 20.3. The molecule has 2 amide bonds. The Morgan fingerprint density at radius 2 is 1.78 bits per heavy atom. The van der Waals surface area contributed by atoms with Crippen LogP contribution in [0.3, 0.4) is 0 Å². The quantitative estimate of drug-likeness (QED) is 0.218. The Morgan fingerprint density at radius 1 is 1.15 bits per heavy atom. The highest BCUT2D eigenvalue weighted by molar-refractivity contribution is 7.85. The van der Waals surface area contributed by atoms with Gasteiger partial charge in [0.2, 0.25) is 5.75 Å². The van der Waals surface area contributed by atoms with Crippen LogP contribution in [-0.2, 0) is 10.1 Å². The molecule has 0 atom stereocenters. The normalized spacial score (nSPS) is 13.4. The molecule has 1 aromatic carbocycles. The molecule has 5 N–H and O–H groups in total. The molecule has 1 aliphatic heterocycles. The monoisotopic (exact) mass is 396 g/mol. The van der Waals surface area contributed by atoms with Crippen LogP contribution in [-0.4, -0.2) is 39.4 Å². The van der Waals surface area contributed by atoms with Crippen molar-refractivity contribution in [2.24, 2.45) is 0 Å². The van der Waals surface area contributed by atoms with Crippen LogP contribution in [0.1, 0.15) is 20.7 Å². The number of amides is 2. The fraction of sp³-hybridized carbons (Fsp3) is 0. The number of benzene rings is 1. The SMILES string of the molecule is Nc1c2c(cc(=O)n1-c1cc(S(=O)(=O)O)cc([N+](=O)[O-])c1O)C(=O)NC2=O. The van der Waals surface area contributed by atoms with Crippen molar-refractivity contribution in [3.05, 3.63) is 49.8 Å². The standard InChI is InChI=1S/C13H8N4O9S/c14-11-9-5(12(20)15-13(9)21)3-8(18)16(11)6-1-4(27(24,25)26)2-7(10(6)19)17(22)23/h1-3,19H,14H2,(H,15,20,21)(H,24,25,26). The first-order valence-corrected chi connectivity index (χ1v) is 8.28. The van der Waals surface area contributed by atoms with Gasteiger partial charge in [-0.1, -0.05) is 0 Å². The maximum atomic E-state index is 12.3. The smallest absolute Gasteiger partial charge is 0.314 e. The van der Waals surface area contributed by atoms with Crippen LogP contribution in [0.15, 0.2) is 27.9 Å². The summed E-state index contributed by atoms with van der Waals surface area (Å²) >= 11 is 0. The highest BCUT2D eigenvalue weighted by Gasteiger charge is 2.33. The number of hydrogen-bond acceptors (Lipinski definition) is 9. The number of aromatic hydroxyl groups is 1. The van der Waals surface area contributed by atoms with Crippen molar-refractivity contribution in [3.8, 4) is 11.4 Å². The van der Waals surface area contributed by atoms with Crippen LogP contribution in [0.2, 0.25) is 0 Å². The Morgan fingerprint density at radius 3 is 2.33 bits per heavy atom. The van der Waals surface area contributed by atoms with Crippen molar-refractivity contribution in [2.45, 2.75) is 4.90 Å². The maximum absolute atomic E-state index is 12.3. The molecule has 13 nitrogen and oxygen atoms in total. The van der Waals surface area contributed by atoms with Crippen molar-refractivity contribution in [2.75, 3.05) is 5.73 Å². The number of nitrogen functional groups attached to an aromatic ring is 1. The fourth-order valence-corrected chi connectivity index (χ4v) is 3.09. The van der Waals surface area contributed by atoms with Gasteiger partial charge in [-0.05, 0) is 6.07 Å². The molecule has 0 saturated heterocycles. The fourth-order valence-electron chi connectivity index (χ4n) is 2.57. The number of nitro groups is 1. The Balaban J connectivity index is 2.46. The molecule has 140 valence electrons. The summed E-state index contributed by atoms with van der Waals surface area (Å²) in [6.07, 6.45) is 0. The van der Waals surface area contributed by atoms with Crippen LogP contribution in [0.4, 0.5) is 11.5 Å². The number of rotatable bonds is 3. The molecule has 3 rings (SSSR count). The van der Waals surface area contributed by atoms with E-state index in [1.54, 1.807) is 0 Å². The van der Waals surface area contributed by atoms with Gasteiger partial charge in [0.05, 0.1) is 16.1 Å². The molecule has 1 aromatic heterocycles. The van der Waals surface area contributed by atoms with E-state index in [1.165, 1.54) is 0 Å². The lowest BCUT2D eigenvalue weighted by molar-refractivity contribution is -0.386. The van der Waals surface area contributed by atoms with E-state index in [-0.39, 0.29) is 5.56 Å². The van der Waals surface area contributed by atoms with E-state index < -0.39 is 65.8 Å². The molecule has 27 heavy (non-hydrogen) atoms. The predicted molar refractivity (Wildman–Crippen MR) is 86.4 cm³/mol. The summed E-state index contributed by atoms with van der Waals surface area (Å²) in [4.78, 5) is 44.7. The number of nitrogens with one attached hydrogen (secondary N) is 1. The molecule has 2 aromatic rings. The van der Waals surface area contributed by atoms with Crippen LogP contribution in [0.5, 0.6) is 5.75 Å². The number of aromatic nitrogens is 1. The molecule has 2 heterocycles. The second-order valence-corrected chi connectivity index (χ2v) is 6.74. The van der Waals surface area contributed by atoms with Crippen molar-refractivity contribution in [3.63, 3.8) is 0 Å². The maximum Gasteiger partial charge on any atom is 0.314 e. The summed E-state index contributed by atoms with van der Waals surface area (Å²) in [7, 11) is -4.97. The van der Waals surface area contributed by atoms with Crippen molar-refractivity contribution >= 4 is 33.4 Å². The zero-order valence-corrected chi connectivity index (χ0v) is 13.7. The Hall–Kier alpha value is -3.78. The molecular formula is C13H8N4O9S. The average molecular weight is 396 g/mol. The zero-order valence-electron chi connectivity index (χ0n) is 12.9. The van der Waals surface area contributed by atoms with Gasteiger partial charge in [-0.2, -0.15) is 8.42 Å².